The number of carbonyl (C=O) groups excluding carboxylic acids is 1. The van der Waals surface area contributed by atoms with Crippen molar-refractivity contribution in [1.29, 1.82) is 0 Å². The first-order chi connectivity index (χ1) is 8.68. The molecule has 0 aliphatic carbocycles. The van der Waals surface area contributed by atoms with Crippen LogP contribution in [-0.4, -0.2) is 49.6 Å². The maximum Gasteiger partial charge on any atom is 0.223 e. The Labute approximate surface area is 110 Å². The zero-order valence-corrected chi connectivity index (χ0v) is 11.7. The van der Waals surface area contributed by atoms with Gasteiger partial charge >= 0.3 is 0 Å². The summed E-state index contributed by atoms with van der Waals surface area (Å²) in [7, 11) is 0. The fourth-order valence-electron chi connectivity index (χ4n) is 3.14. The molecule has 104 valence electrons. The number of hydrogen-bond donors (Lipinski definition) is 2. The lowest BCUT2D eigenvalue weighted by atomic mass is 9.85. The number of nitrogens with zero attached hydrogens (tertiary/aromatic N) is 1. The molecule has 2 unspecified atom stereocenters. The zero-order chi connectivity index (χ0) is 13.0. The average molecular weight is 253 g/mol. The molecule has 4 nitrogen and oxygen atoms in total. The number of carbonyl (C=O) groups is 1. The minimum atomic E-state index is 0.349. The molecule has 18 heavy (non-hydrogen) atoms. The Bertz CT molecular complexity index is 276. The van der Waals surface area contributed by atoms with E-state index in [0.717, 1.165) is 39.1 Å². The molecule has 2 rings (SSSR count). The maximum absolute atomic E-state index is 12.3. The molecule has 1 amide bonds. The predicted octanol–water partition coefficient (Wildman–Crippen LogP) is 0.833. The predicted molar refractivity (Wildman–Crippen MR) is 73.4 cm³/mol. The minimum Gasteiger partial charge on any atom is -0.337 e. The van der Waals surface area contributed by atoms with Crippen molar-refractivity contribution >= 4 is 5.91 Å². The van der Waals surface area contributed by atoms with Crippen molar-refractivity contribution in [3.05, 3.63) is 0 Å². The van der Waals surface area contributed by atoms with Gasteiger partial charge in [0.05, 0.1) is 0 Å². The molecular weight excluding hydrogens is 226 g/mol. The molecular formula is C14H27N3O. The lowest BCUT2D eigenvalue weighted by molar-refractivity contribution is -0.135. The Balaban J connectivity index is 1.81. The zero-order valence-electron chi connectivity index (χ0n) is 11.7. The molecule has 4 heteroatoms. The van der Waals surface area contributed by atoms with E-state index >= 15 is 0 Å². The molecule has 0 aromatic rings. The van der Waals surface area contributed by atoms with Gasteiger partial charge < -0.3 is 15.5 Å². The summed E-state index contributed by atoms with van der Waals surface area (Å²) in [5.41, 5.74) is 0. The van der Waals surface area contributed by atoms with Crippen molar-refractivity contribution in [2.75, 3.05) is 32.7 Å². The summed E-state index contributed by atoms with van der Waals surface area (Å²) in [6.45, 7) is 9.35. The van der Waals surface area contributed by atoms with Crippen LogP contribution in [0.3, 0.4) is 0 Å². The molecule has 2 N–H and O–H groups in total. The average Bonchev–Trinajstić information content (AvgIpc) is 2.40. The first-order valence-electron chi connectivity index (χ1n) is 7.39. The summed E-state index contributed by atoms with van der Waals surface area (Å²) >= 11 is 0. The SMILES string of the molecule is CC(CC(=O)N1CCNC[C@H]1C)C1CCCNC1. The van der Waals surface area contributed by atoms with Gasteiger partial charge in [0.25, 0.3) is 0 Å². The van der Waals surface area contributed by atoms with E-state index in [4.69, 9.17) is 0 Å². The van der Waals surface area contributed by atoms with Crippen LogP contribution in [0.15, 0.2) is 0 Å². The van der Waals surface area contributed by atoms with Gasteiger partial charge in [-0.2, -0.15) is 0 Å². The molecule has 3 atom stereocenters. The second-order valence-electron chi connectivity index (χ2n) is 5.93. The number of piperidine rings is 1. The smallest absolute Gasteiger partial charge is 0.223 e. The molecule has 2 aliphatic rings. The molecule has 0 aromatic carbocycles. The van der Waals surface area contributed by atoms with Gasteiger partial charge in [-0.25, -0.2) is 0 Å². The molecule has 0 spiro atoms. The van der Waals surface area contributed by atoms with Crippen molar-refractivity contribution < 1.29 is 4.79 Å². The summed E-state index contributed by atoms with van der Waals surface area (Å²) in [4.78, 5) is 14.4. The Kier molecular flexibility index (Phi) is 5.01. The second-order valence-corrected chi connectivity index (χ2v) is 5.93. The fraction of sp³-hybridized carbons (Fsp3) is 0.929. The van der Waals surface area contributed by atoms with Gasteiger partial charge in [-0.3, -0.25) is 4.79 Å². The van der Waals surface area contributed by atoms with Gasteiger partial charge in [0.2, 0.25) is 5.91 Å². The molecule has 2 fully saturated rings. The van der Waals surface area contributed by atoms with Crippen molar-refractivity contribution in [2.45, 2.75) is 39.2 Å². The van der Waals surface area contributed by atoms with Crippen LogP contribution in [-0.2, 0) is 4.79 Å². The van der Waals surface area contributed by atoms with Crippen LogP contribution in [0, 0.1) is 11.8 Å². The van der Waals surface area contributed by atoms with E-state index in [-0.39, 0.29) is 0 Å². The highest BCUT2D eigenvalue weighted by molar-refractivity contribution is 5.77. The van der Waals surface area contributed by atoms with Crippen LogP contribution in [0.5, 0.6) is 0 Å². The van der Waals surface area contributed by atoms with Gasteiger partial charge in [-0.15, -0.1) is 0 Å². The maximum atomic E-state index is 12.3. The van der Waals surface area contributed by atoms with Gasteiger partial charge in [0.15, 0.2) is 0 Å². The van der Waals surface area contributed by atoms with Crippen LogP contribution in [0.4, 0.5) is 0 Å². The van der Waals surface area contributed by atoms with E-state index in [0.29, 0.717) is 23.8 Å². The van der Waals surface area contributed by atoms with Crippen molar-refractivity contribution in [1.82, 2.24) is 15.5 Å². The normalized spacial score (nSPS) is 31.1. The quantitative estimate of drug-likeness (QED) is 0.783. The lowest BCUT2D eigenvalue weighted by Crippen LogP contribution is -2.52. The number of rotatable bonds is 3. The molecule has 2 heterocycles. The monoisotopic (exact) mass is 253 g/mol. The Morgan fingerprint density at radius 3 is 2.78 bits per heavy atom. The van der Waals surface area contributed by atoms with Crippen LogP contribution in [0.2, 0.25) is 0 Å². The summed E-state index contributed by atoms with van der Waals surface area (Å²) in [5.74, 6) is 1.54. The third-order valence-electron chi connectivity index (χ3n) is 4.46. The van der Waals surface area contributed by atoms with Crippen LogP contribution < -0.4 is 10.6 Å². The van der Waals surface area contributed by atoms with E-state index in [1.807, 2.05) is 0 Å². The summed E-state index contributed by atoms with van der Waals surface area (Å²) < 4.78 is 0. The van der Waals surface area contributed by atoms with E-state index in [9.17, 15) is 4.79 Å². The van der Waals surface area contributed by atoms with Gasteiger partial charge in [-0.05, 0) is 44.7 Å². The standard InChI is InChI=1S/C14H27N3O/c1-11(13-4-3-5-15-10-13)8-14(18)17-7-6-16-9-12(17)2/h11-13,15-16H,3-10H2,1-2H3/t11?,12-,13?/m1/s1. The van der Waals surface area contributed by atoms with Crippen LogP contribution >= 0.6 is 0 Å². The Morgan fingerprint density at radius 2 is 2.11 bits per heavy atom. The largest absolute Gasteiger partial charge is 0.337 e. The third-order valence-corrected chi connectivity index (χ3v) is 4.46. The summed E-state index contributed by atoms with van der Waals surface area (Å²) in [5, 5.41) is 6.77. The molecule has 0 bridgehead atoms. The van der Waals surface area contributed by atoms with Gasteiger partial charge in [-0.1, -0.05) is 6.92 Å². The summed E-state index contributed by atoms with van der Waals surface area (Å²) in [6, 6.07) is 0.350. The number of piperazine rings is 1. The molecule has 2 saturated heterocycles. The van der Waals surface area contributed by atoms with Crippen molar-refractivity contribution in [3.8, 4) is 0 Å². The van der Waals surface area contributed by atoms with E-state index in [1.165, 1.54) is 12.8 Å². The Morgan fingerprint density at radius 1 is 1.33 bits per heavy atom. The van der Waals surface area contributed by atoms with Gasteiger partial charge in [0.1, 0.15) is 0 Å². The second kappa shape index (κ2) is 6.53. The summed E-state index contributed by atoms with van der Waals surface area (Å²) in [6.07, 6.45) is 3.25. The molecule has 0 saturated carbocycles. The highest BCUT2D eigenvalue weighted by Gasteiger charge is 2.27. The third kappa shape index (κ3) is 3.45. The van der Waals surface area contributed by atoms with Crippen LogP contribution in [0.1, 0.15) is 33.1 Å². The molecule has 0 radical (unpaired) electrons. The molecule has 2 aliphatic heterocycles. The van der Waals surface area contributed by atoms with E-state index in [2.05, 4.69) is 29.4 Å². The van der Waals surface area contributed by atoms with Gasteiger partial charge in [0, 0.05) is 32.1 Å². The van der Waals surface area contributed by atoms with E-state index in [1.54, 1.807) is 0 Å². The number of hydrogen-bond acceptors (Lipinski definition) is 3. The van der Waals surface area contributed by atoms with E-state index < -0.39 is 0 Å². The first kappa shape index (κ1) is 13.8. The molecule has 0 aromatic heterocycles. The fourth-order valence-corrected chi connectivity index (χ4v) is 3.14. The van der Waals surface area contributed by atoms with Crippen molar-refractivity contribution in [2.24, 2.45) is 11.8 Å². The van der Waals surface area contributed by atoms with Crippen molar-refractivity contribution in [3.63, 3.8) is 0 Å². The highest BCUT2D eigenvalue weighted by Crippen LogP contribution is 2.23. The lowest BCUT2D eigenvalue weighted by Gasteiger charge is -2.36. The highest BCUT2D eigenvalue weighted by atomic mass is 16.2. The number of nitrogens with one attached hydrogen (secondary N) is 2. The minimum absolute atomic E-state index is 0.349. The Hall–Kier alpha value is -0.610. The number of amides is 1. The topological polar surface area (TPSA) is 44.4 Å². The first-order valence-corrected chi connectivity index (χ1v) is 7.39. The van der Waals surface area contributed by atoms with Crippen LogP contribution in [0.25, 0.3) is 0 Å².